The number of benzene rings is 1. The molecule has 1 unspecified atom stereocenters. The summed E-state index contributed by atoms with van der Waals surface area (Å²) in [5, 5.41) is 5.46. The lowest BCUT2D eigenvalue weighted by atomic mass is 10.1. The molecule has 5 heteroatoms. The average molecular weight is 279 g/mol. The lowest BCUT2D eigenvalue weighted by Crippen LogP contribution is -2.13. The second-order valence-corrected chi connectivity index (χ2v) is 5.04. The summed E-state index contributed by atoms with van der Waals surface area (Å²) in [5.74, 6) is 3.44. The molecule has 2 aromatic rings. The van der Waals surface area contributed by atoms with Crippen LogP contribution in [0.2, 0.25) is 0 Å². The van der Waals surface area contributed by atoms with Gasteiger partial charge in [0.1, 0.15) is 5.82 Å². The van der Waals surface area contributed by atoms with Crippen molar-refractivity contribution in [1.29, 1.82) is 0 Å². The zero-order chi connectivity index (χ0) is 13.2. The summed E-state index contributed by atoms with van der Waals surface area (Å²) in [6, 6.07) is 5.92. The Morgan fingerprint density at radius 3 is 2.95 bits per heavy atom. The van der Waals surface area contributed by atoms with E-state index < -0.39 is 0 Å². The average Bonchev–Trinajstić information content (AvgIpc) is 2.89. The van der Waals surface area contributed by atoms with E-state index in [-0.39, 0.29) is 6.79 Å². The van der Waals surface area contributed by atoms with Gasteiger partial charge in [-0.3, -0.25) is 0 Å². The lowest BCUT2D eigenvalue weighted by molar-refractivity contribution is 0.174. The Bertz CT molecular complexity index is 603. The first-order valence-corrected chi connectivity index (χ1v) is 6.79. The van der Waals surface area contributed by atoms with Crippen LogP contribution in [0.15, 0.2) is 24.4 Å². The van der Waals surface area contributed by atoms with Crippen molar-refractivity contribution in [2.75, 3.05) is 24.5 Å². The van der Waals surface area contributed by atoms with E-state index in [1.54, 1.807) is 6.20 Å². The van der Waals surface area contributed by atoms with E-state index in [0.29, 0.717) is 11.8 Å². The summed E-state index contributed by atoms with van der Waals surface area (Å²) in [5.41, 5.74) is 0. The van der Waals surface area contributed by atoms with Gasteiger partial charge in [0.05, 0.1) is 0 Å². The Hall–Kier alpha value is -1.68. The zero-order valence-electron chi connectivity index (χ0n) is 10.6. The predicted molar refractivity (Wildman–Crippen MR) is 76.2 cm³/mol. The van der Waals surface area contributed by atoms with Crippen LogP contribution in [-0.4, -0.2) is 24.2 Å². The van der Waals surface area contributed by atoms with Crippen molar-refractivity contribution in [1.82, 2.24) is 4.98 Å². The topological polar surface area (TPSA) is 43.4 Å². The third-order valence-corrected chi connectivity index (χ3v) is 3.67. The van der Waals surface area contributed by atoms with Crippen molar-refractivity contribution in [3.05, 3.63) is 24.4 Å². The van der Waals surface area contributed by atoms with E-state index in [4.69, 9.17) is 21.1 Å². The summed E-state index contributed by atoms with van der Waals surface area (Å²) < 4.78 is 10.8. The van der Waals surface area contributed by atoms with Crippen molar-refractivity contribution in [3.8, 4) is 11.5 Å². The monoisotopic (exact) mass is 278 g/mol. The minimum atomic E-state index is 0.283. The Kier molecular flexibility index (Phi) is 3.34. The van der Waals surface area contributed by atoms with Gasteiger partial charge in [-0.1, -0.05) is 6.92 Å². The Labute approximate surface area is 116 Å². The smallest absolute Gasteiger partial charge is 0.231 e. The van der Waals surface area contributed by atoms with Crippen LogP contribution in [0.4, 0.5) is 5.82 Å². The molecular formula is C14H15ClN2O2. The number of nitrogens with one attached hydrogen (secondary N) is 1. The van der Waals surface area contributed by atoms with Crippen molar-refractivity contribution in [2.45, 2.75) is 6.92 Å². The fourth-order valence-corrected chi connectivity index (χ4v) is 2.14. The van der Waals surface area contributed by atoms with E-state index in [1.165, 1.54) is 0 Å². The van der Waals surface area contributed by atoms with Crippen LogP contribution in [0.5, 0.6) is 11.5 Å². The number of anilines is 1. The summed E-state index contributed by atoms with van der Waals surface area (Å²) in [6.07, 6.45) is 1.79. The quantitative estimate of drug-likeness (QED) is 0.872. The summed E-state index contributed by atoms with van der Waals surface area (Å²) >= 11 is 5.82. The molecule has 4 nitrogen and oxygen atoms in total. The molecule has 0 bridgehead atoms. The van der Waals surface area contributed by atoms with Crippen LogP contribution < -0.4 is 14.8 Å². The fourth-order valence-electron chi connectivity index (χ4n) is 2.03. The maximum atomic E-state index is 5.82. The first kappa shape index (κ1) is 12.4. The third kappa shape index (κ3) is 2.40. The van der Waals surface area contributed by atoms with E-state index in [1.807, 2.05) is 18.2 Å². The SMILES string of the molecule is CC(CCl)CNc1nccc2cc3c(cc12)OCO3. The standard InChI is InChI=1S/C14H15ClN2O2/c1-9(6-15)7-17-14-11-5-13-12(18-8-19-13)4-10(11)2-3-16-14/h2-5,9H,6-8H2,1H3,(H,16,17). The van der Waals surface area contributed by atoms with Gasteiger partial charge in [-0.05, 0) is 29.5 Å². The summed E-state index contributed by atoms with van der Waals surface area (Å²) in [4.78, 5) is 4.39. The zero-order valence-corrected chi connectivity index (χ0v) is 11.4. The predicted octanol–water partition coefficient (Wildman–Crippen LogP) is 3.25. The lowest BCUT2D eigenvalue weighted by Gasteiger charge is -2.12. The molecule has 1 aromatic carbocycles. The maximum Gasteiger partial charge on any atom is 0.231 e. The number of ether oxygens (including phenoxy) is 2. The minimum absolute atomic E-state index is 0.283. The number of nitrogens with zero attached hydrogens (tertiary/aromatic N) is 1. The molecule has 1 N–H and O–H groups in total. The number of pyridine rings is 1. The number of hydrogen-bond donors (Lipinski definition) is 1. The van der Waals surface area contributed by atoms with Gasteiger partial charge in [-0.15, -0.1) is 11.6 Å². The van der Waals surface area contributed by atoms with Crippen molar-refractivity contribution in [3.63, 3.8) is 0 Å². The molecule has 1 atom stereocenters. The fraction of sp³-hybridized carbons (Fsp3) is 0.357. The Morgan fingerprint density at radius 2 is 2.16 bits per heavy atom. The number of alkyl halides is 1. The first-order valence-electron chi connectivity index (χ1n) is 6.26. The molecule has 1 aliphatic rings. The van der Waals surface area contributed by atoms with Gasteiger partial charge in [-0.2, -0.15) is 0 Å². The Morgan fingerprint density at radius 1 is 1.37 bits per heavy atom. The normalized spacial score (nSPS) is 14.6. The van der Waals surface area contributed by atoms with Gasteiger partial charge in [0.25, 0.3) is 0 Å². The third-order valence-electron chi connectivity index (χ3n) is 3.14. The minimum Gasteiger partial charge on any atom is -0.454 e. The molecule has 1 aliphatic heterocycles. The van der Waals surface area contributed by atoms with Gasteiger partial charge in [0.2, 0.25) is 6.79 Å². The molecule has 2 heterocycles. The molecule has 0 aliphatic carbocycles. The van der Waals surface area contributed by atoms with Gasteiger partial charge in [0.15, 0.2) is 11.5 Å². The number of hydrogen-bond acceptors (Lipinski definition) is 4. The molecule has 0 saturated carbocycles. The highest BCUT2D eigenvalue weighted by Gasteiger charge is 2.15. The number of aromatic nitrogens is 1. The second kappa shape index (κ2) is 5.13. The highest BCUT2D eigenvalue weighted by Crippen LogP contribution is 2.37. The molecule has 19 heavy (non-hydrogen) atoms. The van der Waals surface area contributed by atoms with Crippen molar-refractivity contribution in [2.24, 2.45) is 5.92 Å². The van der Waals surface area contributed by atoms with Crippen LogP contribution in [0.3, 0.4) is 0 Å². The first-order chi connectivity index (χ1) is 9.28. The molecule has 0 saturated heterocycles. The van der Waals surface area contributed by atoms with Crippen molar-refractivity contribution >= 4 is 28.2 Å². The molecule has 0 radical (unpaired) electrons. The maximum absolute atomic E-state index is 5.82. The largest absolute Gasteiger partial charge is 0.454 e. The number of halogens is 1. The van der Waals surface area contributed by atoms with Crippen LogP contribution in [0.1, 0.15) is 6.92 Å². The molecule has 100 valence electrons. The molecule has 0 fully saturated rings. The highest BCUT2D eigenvalue weighted by atomic mass is 35.5. The number of rotatable bonds is 4. The van der Waals surface area contributed by atoms with E-state index in [2.05, 4.69) is 17.2 Å². The number of fused-ring (bicyclic) bond motifs is 2. The van der Waals surface area contributed by atoms with E-state index in [0.717, 1.165) is 34.6 Å². The molecule has 0 amide bonds. The van der Waals surface area contributed by atoms with Gasteiger partial charge >= 0.3 is 0 Å². The van der Waals surface area contributed by atoms with Crippen LogP contribution in [0, 0.1) is 5.92 Å². The molecule has 3 rings (SSSR count). The van der Waals surface area contributed by atoms with E-state index in [9.17, 15) is 0 Å². The van der Waals surface area contributed by atoms with Gasteiger partial charge in [0, 0.05) is 24.0 Å². The summed E-state index contributed by atoms with van der Waals surface area (Å²) in [6.45, 7) is 3.18. The second-order valence-electron chi connectivity index (χ2n) is 4.73. The summed E-state index contributed by atoms with van der Waals surface area (Å²) in [7, 11) is 0. The molecule has 1 aromatic heterocycles. The van der Waals surface area contributed by atoms with Gasteiger partial charge in [-0.25, -0.2) is 4.98 Å². The van der Waals surface area contributed by atoms with Gasteiger partial charge < -0.3 is 14.8 Å². The van der Waals surface area contributed by atoms with Crippen LogP contribution in [0.25, 0.3) is 10.8 Å². The van der Waals surface area contributed by atoms with Crippen LogP contribution >= 0.6 is 11.6 Å². The molecule has 0 spiro atoms. The Balaban J connectivity index is 1.96. The highest BCUT2D eigenvalue weighted by molar-refractivity contribution is 6.18. The van der Waals surface area contributed by atoms with Crippen LogP contribution in [-0.2, 0) is 0 Å². The van der Waals surface area contributed by atoms with E-state index >= 15 is 0 Å². The van der Waals surface area contributed by atoms with Crippen molar-refractivity contribution < 1.29 is 9.47 Å². The molecular weight excluding hydrogens is 264 g/mol.